The van der Waals surface area contributed by atoms with Crippen LogP contribution in [0.2, 0.25) is 0 Å². The molecule has 1 aliphatic rings. The molecule has 4 heteroatoms. The lowest BCUT2D eigenvalue weighted by Gasteiger charge is -2.18. The van der Waals surface area contributed by atoms with Gasteiger partial charge in [0.15, 0.2) is 0 Å². The molecule has 120 valence electrons. The zero-order valence-corrected chi connectivity index (χ0v) is 13.3. The lowest BCUT2D eigenvalue weighted by Crippen LogP contribution is -2.20. The van der Waals surface area contributed by atoms with Crippen LogP contribution in [0.4, 0.5) is 0 Å². The summed E-state index contributed by atoms with van der Waals surface area (Å²) >= 11 is 0. The number of hydrogen-bond acceptors (Lipinski definition) is 4. The molecule has 1 aromatic rings. The quantitative estimate of drug-likeness (QED) is 0.608. The first-order chi connectivity index (χ1) is 10.8. The van der Waals surface area contributed by atoms with Gasteiger partial charge in [0.05, 0.1) is 18.2 Å². The Morgan fingerprint density at radius 1 is 1.18 bits per heavy atom. The van der Waals surface area contributed by atoms with E-state index in [1.54, 1.807) is 0 Å². The molecule has 0 saturated heterocycles. The van der Waals surface area contributed by atoms with Gasteiger partial charge in [-0.2, -0.15) is 0 Å². The van der Waals surface area contributed by atoms with E-state index >= 15 is 0 Å². The van der Waals surface area contributed by atoms with E-state index in [9.17, 15) is 4.79 Å². The monoisotopic (exact) mass is 303 g/mol. The fourth-order valence-corrected chi connectivity index (χ4v) is 2.69. The Hall–Kier alpha value is -1.84. The van der Waals surface area contributed by atoms with Gasteiger partial charge < -0.3 is 9.57 Å². The second kappa shape index (κ2) is 9.23. The zero-order valence-electron chi connectivity index (χ0n) is 13.3. The third-order valence-corrected chi connectivity index (χ3v) is 3.94. The van der Waals surface area contributed by atoms with Crippen molar-refractivity contribution in [3.8, 4) is 0 Å². The zero-order chi connectivity index (χ0) is 15.6. The minimum atomic E-state index is -0.0612. The van der Waals surface area contributed by atoms with E-state index < -0.39 is 0 Å². The molecular weight excluding hydrogens is 278 g/mol. The summed E-state index contributed by atoms with van der Waals surface area (Å²) in [7, 11) is 0. The first kappa shape index (κ1) is 16.5. The van der Waals surface area contributed by atoms with Crippen molar-refractivity contribution in [2.45, 2.75) is 52.1 Å². The maximum Gasteiger partial charge on any atom is 0.308 e. The number of carbonyl (C=O) groups excluding carboxylic acids is 1. The lowest BCUT2D eigenvalue weighted by atomic mass is 9.90. The summed E-state index contributed by atoms with van der Waals surface area (Å²) in [5.41, 5.74) is 2.17. The highest BCUT2D eigenvalue weighted by molar-refractivity contribution is 5.84. The molecule has 1 atom stereocenters. The molecule has 0 radical (unpaired) electrons. The summed E-state index contributed by atoms with van der Waals surface area (Å²) in [5, 5.41) is 4.28. The Morgan fingerprint density at radius 3 is 2.77 bits per heavy atom. The predicted octanol–water partition coefficient (Wildman–Crippen LogP) is 4.09. The number of hydrogen-bond donors (Lipinski definition) is 0. The average molecular weight is 303 g/mol. The SMILES string of the molecule is CCOC(=O)[C@@H]1CCCC/C(=N\OCc2ccccc2)CC1. The second-order valence-corrected chi connectivity index (χ2v) is 5.65. The van der Waals surface area contributed by atoms with Gasteiger partial charge >= 0.3 is 5.97 Å². The van der Waals surface area contributed by atoms with Crippen molar-refractivity contribution in [1.29, 1.82) is 0 Å². The summed E-state index contributed by atoms with van der Waals surface area (Å²) in [6, 6.07) is 10.0. The molecule has 4 nitrogen and oxygen atoms in total. The lowest BCUT2D eigenvalue weighted by molar-refractivity contribution is -0.148. The fourth-order valence-electron chi connectivity index (χ4n) is 2.69. The number of benzene rings is 1. The molecule has 1 fully saturated rings. The van der Waals surface area contributed by atoms with Gasteiger partial charge in [-0.05, 0) is 44.6 Å². The normalized spacial score (nSPS) is 21.0. The van der Waals surface area contributed by atoms with Crippen molar-refractivity contribution in [3.05, 3.63) is 35.9 Å². The third-order valence-electron chi connectivity index (χ3n) is 3.94. The third kappa shape index (κ3) is 5.51. The predicted molar refractivity (Wildman–Crippen MR) is 86.5 cm³/mol. The first-order valence-electron chi connectivity index (χ1n) is 8.18. The van der Waals surface area contributed by atoms with Crippen LogP contribution < -0.4 is 0 Å². The molecule has 0 bridgehead atoms. The molecule has 0 amide bonds. The molecular formula is C18H25NO3. The standard InChI is InChI=1S/C18H25NO3/c1-2-21-18(20)16-10-6-7-11-17(13-12-16)19-22-14-15-8-4-3-5-9-15/h3-5,8-9,16H,2,6-7,10-14H2,1H3/b19-17+/t16-/m1/s1. The van der Waals surface area contributed by atoms with Crippen LogP contribution in [0.5, 0.6) is 0 Å². The van der Waals surface area contributed by atoms with Gasteiger partial charge in [-0.25, -0.2) is 0 Å². The van der Waals surface area contributed by atoms with Crippen molar-refractivity contribution >= 4 is 11.7 Å². The second-order valence-electron chi connectivity index (χ2n) is 5.65. The van der Waals surface area contributed by atoms with Crippen LogP contribution in [0.3, 0.4) is 0 Å². The van der Waals surface area contributed by atoms with Crippen LogP contribution in [0.1, 0.15) is 51.0 Å². The maximum absolute atomic E-state index is 11.9. The van der Waals surface area contributed by atoms with Gasteiger partial charge in [0, 0.05) is 0 Å². The van der Waals surface area contributed by atoms with Crippen molar-refractivity contribution < 1.29 is 14.4 Å². The highest BCUT2D eigenvalue weighted by Crippen LogP contribution is 2.22. The Labute approximate surface area is 132 Å². The molecule has 0 unspecified atom stereocenters. The van der Waals surface area contributed by atoms with E-state index in [0.717, 1.165) is 49.8 Å². The summed E-state index contributed by atoms with van der Waals surface area (Å²) < 4.78 is 5.14. The molecule has 0 heterocycles. The molecule has 1 aromatic carbocycles. The van der Waals surface area contributed by atoms with Crippen molar-refractivity contribution in [2.24, 2.45) is 11.1 Å². The van der Waals surface area contributed by atoms with Crippen LogP contribution in [-0.4, -0.2) is 18.3 Å². The number of esters is 1. The first-order valence-corrected chi connectivity index (χ1v) is 8.18. The molecule has 0 N–H and O–H groups in total. The number of ether oxygens (including phenoxy) is 1. The average Bonchev–Trinajstić information content (AvgIpc) is 2.51. The van der Waals surface area contributed by atoms with Gasteiger partial charge in [-0.1, -0.05) is 41.9 Å². The smallest absolute Gasteiger partial charge is 0.308 e. The van der Waals surface area contributed by atoms with E-state index in [-0.39, 0.29) is 11.9 Å². The van der Waals surface area contributed by atoms with Crippen LogP contribution in [0.25, 0.3) is 0 Å². The summed E-state index contributed by atoms with van der Waals surface area (Å²) in [6.07, 6.45) is 5.62. The molecule has 2 rings (SSSR count). The highest BCUT2D eigenvalue weighted by Gasteiger charge is 2.22. The van der Waals surface area contributed by atoms with Crippen molar-refractivity contribution in [1.82, 2.24) is 0 Å². The Bertz CT molecular complexity index is 484. The van der Waals surface area contributed by atoms with Gasteiger partial charge in [0.2, 0.25) is 0 Å². The summed E-state index contributed by atoms with van der Waals surface area (Å²) in [5.74, 6) is -0.0477. The van der Waals surface area contributed by atoms with E-state index in [4.69, 9.17) is 9.57 Å². The van der Waals surface area contributed by atoms with Crippen LogP contribution >= 0.6 is 0 Å². The molecule has 1 saturated carbocycles. The topological polar surface area (TPSA) is 47.9 Å². The van der Waals surface area contributed by atoms with E-state index in [0.29, 0.717) is 13.2 Å². The molecule has 22 heavy (non-hydrogen) atoms. The van der Waals surface area contributed by atoms with Gasteiger partial charge in [0.1, 0.15) is 6.61 Å². The van der Waals surface area contributed by atoms with Gasteiger partial charge in [-0.3, -0.25) is 4.79 Å². The Balaban J connectivity index is 1.83. The Morgan fingerprint density at radius 2 is 2.00 bits per heavy atom. The number of carbonyl (C=O) groups is 1. The molecule has 0 spiro atoms. The van der Waals surface area contributed by atoms with E-state index in [1.807, 2.05) is 37.3 Å². The van der Waals surface area contributed by atoms with E-state index in [1.165, 1.54) is 0 Å². The number of oxime groups is 1. The highest BCUT2D eigenvalue weighted by atomic mass is 16.6. The fraction of sp³-hybridized carbons (Fsp3) is 0.556. The summed E-state index contributed by atoms with van der Waals surface area (Å²) in [4.78, 5) is 17.3. The van der Waals surface area contributed by atoms with Crippen LogP contribution in [0, 0.1) is 5.92 Å². The van der Waals surface area contributed by atoms with Crippen molar-refractivity contribution in [3.63, 3.8) is 0 Å². The number of nitrogens with zero attached hydrogens (tertiary/aromatic N) is 1. The number of rotatable bonds is 5. The maximum atomic E-state index is 11.9. The van der Waals surface area contributed by atoms with Gasteiger partial charge in [0.25, 0.3) is 0 Å². The minimum Gasteiger partial charge on any atom is -0.466 e. The van der Waals surface area contributed by atoms with E-state index in [2.05, 4.69) is 5.16 Å². The van der Waals surface area contributed by atoms with Gasteiger partial charge in [-0.15, -0.1) is 0 Å². The summed E-state index contributed by atoms with van der Waals surface area (Å²) in [6.45, 7) is 2.80. The Kier molecular flexibility index (Phi) is 6.94. The van der Waals surface area contributed by atoms with Crippen molar-refractivity contribution in [2.75, 3.05) is 6.61 Å². The minimum absolute atomic E-state index is 0.0135. The molecule has 0 aliphatic heterocycles. The molecule has 1 aliphatic carbocycles. The van der Waals surface area contributed by atoms with Crippen LogP contribution in [0.15, 0.2) is 35.5 Å². The molecule has 0 aromatic heterocycles. The largest absolute Gasteiger partial charge is 0.466 e. The van der Waals surface area contributed by atoms with Crippen LogP contribution in [-0.2, 0) is 21.0 Å².